The minimum atomic E-state index is -0.557. The topological polar surface area (TPSA) is 38.3 Å². The van der Waals surface area contributed by atoms with Crippen molar-refractivity contribution >= 4 is 11.9 Å². The molecule has 1 saturated heterocycles. The highest BCUT2D eigenvalue weighted by atomic mass is 16.5. The number of rotatable bonds is 0. The number of Topliss-reactive ketones (excluding diaryl/α,β-unsaturated/α-hetero) is 1. The average Bonchev–Trinajstić information content (AvgIpc) is 2.88. The summed E-state index contributed by atoms with van der Waals surface area (Å²) in [6.45, 7) is 1.48. The van der Waals surface area contributed by atoms with Gasteiger partial charge in [0.05, 0.1) is 12.5 Å². The Morgan fingerprint density at radius 1 is 1.30 bits per heavy atom. The van der Waals surface area contributed by atoms with Crippen LogP contribution in [0.1, 0.15) is 15.9 Å². The normalized spacial score (nSPS) is 30.9. The number of carbonyl (C=O) groups is 1. The van der Waals surface area contributed by atoms with Crippen LogP contribution in [0.25, 0.3) is 6.08 Å². The van der Waals surface area contributed by atoms with Gasteiger partial charge in [0.25, 0.3) is 0 Å². The van der Waals surface area contributed by atoms with E-state index in [-0.39, 0.29) is 11.7 Å². The van der Waals surface area contributed by atoms with Crippen LogP contribution in [0.3, 0.4) is 0 Å². The van der Waals surface area contributed by atoms with Crippen LogP contribution in [0.15, 0.2) is 54.1 Å². The second kappa shape index (κ2) is 4.27. The van der Waals surface area contributed by atoms with E-state index in [4.69, 9.17) is 4.74 Å². The predicted octanol–water partition coefficient (Wildman–Crippen LogP) is 2.32. The van der Waals surface area contributed by atoms with Crippen LogP contribution in [0.2, 0.25) is 0 Å². The average molecular weight is 265 g/mol. The molecule has 100 valence electrons. The van der Waals surface area contributed by atoms with Crippen LogP contribution in [0.5, 0.6) is 0 Å². The molecule has 2 aliphatic carbocycles. The second-order valence-electron chi connectivity index (χ2n) is 5.30. The predicted molar refractivity (Wildman–Crippen MR) is 77.2 cm³/mol. The van der Waals surface area contributed by atoms with E-state index in [1.807, 2.05) is 48.6 Å². The second-order valence-corrected chi connectivity index (χ2v) is 5.30. The first kappa shape index (κ1) is 11.8. The maximum Gasteiger partial charge on any atom is 0.190 e. The molecule has 3 aliphatic rings. The standard InChI is InChI=1S/C17H15NO2/c19-16-13-5-2-1-4-12(13)7-8-15-14(16)6-3-9-17(15)18-10-11-20-17/h1-9,15,18H,10-11H2. The van der Waals surface area contributed by atoms with Crippen molar-refractivity contribution in [2.24, 2.45) is 5.92 Å². The summed E-state index contributed by atoms with van der Waals surface area (Å²) < 4.78 is 5.91. The lowest BCUT2D eigenvalue weighted by atomic mass is 9.81. The molecular formula is C17H15NO2. The third-order valence-corrected chi connectivity index (χ3v) is 4.20. The van der Waals surface area contributed by atoms with Crippen molar-refractivity contribution in [1.29, 1.82) is 0 Å². The Kier molecular flexibility index (Phi) is 2.52. The molecule has 1 fully saturated rings. The molecule has 4 rings (SSSR count). The van der Waals surface area contributed by atoms with Gasteiger partial charge in [-0.05, 0) is 11.6 Å². The van der Waals surface area contributed by atoms with Gasteiger partial charge in [-0.2, -0.15) is 0 Å². The monoisotopic (exact) mass is 265 g/mol. The number of hydrogen-bond donors (Lipinski definition) is 1. The third-order valence-electron chi connectivity index (χ3n) is 4.20. The summed E-state index contributed by atoms with van der Waals surface area (Å²) in [5.74, 6) is 0.0199. The number of benzene rings is 1. The first-order valence-corrected chi connectivity index (χ1v) is 6.90. The van der Waals surface area contributed by atoms with Gasteiger partial charge in [0.15, 0.2) is 5.78 Å². The molecule has 0 amide bonds. The van der Waals surface area contributed by atoms with Gasteiger partial charge in [0, 0.05) is 17.7 Å². The molecule has 1 heterocycles. The summed E-state index contributed by atoms with van der Waals surface area (Å²) in [5, 5.41) is 3.39. The van der Waals surface area contributed by atoms with Crippen LogP contribution in [0, 0.1) is 5.92 Å². The van der Waals surface area contributed by atoms with E-state index < -0.39 is 5.72 Å². The zero-order chi connectivity index (χ0) is 13.6. The Bertz CT molecular complexity index is 663. The highest BCUT2D eigenvalue weighted by Gasteiger charge is 2.45. The Balaban J connectivity index is 1.87. The quantitative estimate of drug-likeness (QED) is 0.782. The van der Waals surface area contributed by atoms with E-state index in [0.29, 0.717) is 6.61 Å². The van der Waals surface area contributed by atoms with E-state index in [2.05, 4.69) is 11.4 Å². The van der Waals surface area contributed by atoms with Crippen molar-refractivity contribution < 1.29 is 9.53 Å². The molecular weight excluding hydrogens is 250 g/mol. The van der Waals surface area contributed by atoms with Crippen molar-refractivity contribution in [3.63, 3.8) is 0 Å². The molecule has 0 aromatic heterocycles. The number of fused-ring (bicyclic) bond motifs is 3. The first-order valence-electron chi connectivity index (χ1n) is 6.90. The summed E-state index contributed by atoms with van der Waals surface area (Å²) in [4.78, 5) is 12.8. The molecule has 1 N–H and O–H groups in total. The van der Waals surface area contributed by atoms with Gasteiger partial charge in [-0.25, -0.2) is 0 Å². The van der Waals surface area contributed by atoms with E-state index in [1.165, 1.54) is 0 Å². The summed E-state index contributed by atoms with van der Waals surface area (Å²) >= 11 is 0. The number of carbonyl (C=O) groups excluding carboxylic acids is 1. The SMILES string of the molecule is O=C1C2=CC=CC3(NCCO3)C2C=Cc2ccccc21. The van der Waals surface area contributed by atoms with Gasteiger partial charge in [-0.15, -0.1) is 0 Å². The summed E-state index contributed by atoms with van der Waals surface area (Å²) in [5.41, 5.74) is 1.98. The van der Waals surface area contributed by atoms with Gasteiger partial charge >= 0.3 is 0 Å². The van der Waals surface area contributed by atoms with Crippen LogP contribution >= 0.6 is 0 Å². The van der Waals surface area contributed by atoms with Crippen LogP contribution in [0.4, 0.5) is 0 Å². The lowest BCUT2D eigenvalue weighted by molar-refractivity contribution is 0.00739. The number of hydrogen-bond acceptors (Lipinski definition) is 3. The van der Waals surface area contributed by atoms with Gasteiger partial charge in [0.2, 0.25) is 0 Å². The molecule has 3 nitrogen and oxygen atoms in total. The van der Waals surface area contributed by atoms with Crippen LogP contribution in [-0.4, -0.2) is 24.7 Å². The highest BCUT2D eigenvalue weighted by molar-refractivity contribution is 6.12. The Hall–Kier alpha value is -1.97. The fraction of sp³-hybridized carbons (Fsp3) is 0.235. The van der Waals surface area contributed by atoms with Crippen molar-refractivity contribution in [2.75, 3.05) is 13.2 Å². The van der Waals surface area contributed by atoms with E-state index >= 15 is 0 Å². The molecule has 1 aromatic rings. The molecule has 20 heavy (non-hydrogen) atoms. The van der Waals surface area contributed by atoms with Crippen LogP contribution in [-0.2, 0) is 4.74 Å². The Morgan fingerprint density at radius 2 is 2.20 bits per heavy atom. The van der Waals surface area contributed by atoms with Crippen molar-refractivity contribution in [1.82, 2.24) is 5.32 Å². The van der Waals surface area contributed by atoms with Gasteiger partial charge in [-0.3, -0.25) is 10.1 Å². The van der Waals surface area contributed by atoms with E-state index in [1.54, 1.807) is 0 Å². The van der Waals surface area contributed by atoms with Gasteiger partial charge < -0.3 is 4.74 Å². The van der Waals surface area contributed by atoms with E-state index in [9.17, 15) is 4.79 Å². The Labute approximate surface area is 117 Å². The maximum absolute atomic E-state index is 12.8. The summed E-state index contributed by atoms with van der Waals surface area (Å²) in [6.07, 6.45) is 9.96. The molecule has 2 unspecified atom stereocenters. The van der Waals surface area contributed by atoms with Gasteiger partial charge in [0.1, 0.15) is 5.72 Å². The highest BCUT2D eigenvalue weighted by Crippen LogP contribution is 2.38. The number of allylic oxidation sites excluding steroid dienone is 2. The molecule has 3 heteroatoms. The maximum atomic E-state index is 12.8. The van der Waals surface area contributed by atoms with Crippen molar-refractivity contribution in [2.45, 2.75) is 5.72 Å². The fourth-order valence-corrected chi connectivity index (χ4v) is 3.23. The summed E-state index contributed by atoms with van der Waals surface area (Å²) in [6, 6.07) is 7.73. The fourth-order valence-electron chi connectivity index (χ4n) is 3.23. The molecule has 1 aliphatic heterocycles. The third kappa shape index (κ3) is 1.57. The van der Waals surface area contributed by atoms with Crippen molar-refractivity contribution in [3.05, 3.63) is 65.3 Å². The Morgan fingerprint density at radius 3 is 3.05 bits per heavy atom. The molecule has 0 radical (unpaired) electrons. The smallest absolute Gasteiger partial charge is 0.190 e. The molecule has 0 saturated carbocycles. The number of nitrogens with one attached hydrogen (secondary N) is 1. The van der Waals surface area contributed by atoms with E-state index in [0.717, 1.165) is 23.2 Å². The lowest BCUT2D eigenvalue weighted by Crippen LogP contribution is -2.48. The first-order chi connectivity index (χ1) is 9.80. The van der Waals surface area contributed by atoms with Gasteiger partial charge in [-0.1, -0.05) is 48.6 Å². The lowest BCUT2D eigenvalue weighted by Gasteiger charge is -2.35. The number of ketones is 1. The minimum absolute atomic E-state index is 0.0742. The number of ether oxygens (including phenoxy) is 1. The molecule has 2 atom stereocenters. The zero-order valence-corrected chi connectivity index (χ0v) is 11.0. The molecule has 1 spiro atoms. The minimum Gasteiger partial charge on any atom is -0.355 e. The largest absolute Gasteiger partial charge is 0.355 e. The molecule has 0 bridgehead atoms. The molecule has 1 aromatic carbocycles. The zero-order valence-electron chi connectivity index (χ0n) is 11.0. The summed E-state index contributed by atoms with van der Waals surface area (Å²) in [7, 11) is 0. The van der Waals surface area contributed by atoms with Crippen molar-refractivity contribution in [3.8, 4) is 0 Å². The van der Waals surface area contributed by atoms with Crippen LogP contribution < -0.4 is 5.32 Å².